The highest BCUT2D eigenvalue weighted by Gasteiger charge is 2.33. The number of rotatable bonds is 10. The van der Waals surface area contributed by atoms with Crippen LogP contribution in [0.1, 0.15) is 75.7 Å². The molecule has 0 radical (unpaired) electrons. The molecule has 0 fully saturated rings. The predicted octanol–water partition coefficient (Wildman–Crippen LogP) is 3.81. The summed E-state index contributed by atoms with van der Waals surface area (Å²) in [7, 11) is 2.17. The topological polar surface area (TPSA) is 58.4 Å². The van der Waals surface area contributed by atoms with Crippen LogP contribution in [0.2, 0.25) is 0 Å². The van der Waals surface area contributed by atoms with Crippen molar-refractivity contribution < 1.29 is 9.32 Å². The fraction of sp³-hybridized carbons (Fsp3) is 0.789. The van der Waals surface area contributed by atoms with E-state index in [9.17, 15) is 4.79 Å². The van der Waals surface area contributed by atoms with E-state index in [4.69, 9.17) is 4.52 Å². The maximum Gasteiger partial charge on any atom is 0.273 e. The molecule has 0 bridgehead atoms. The van der Waals surface area contributed by atoms with Gasteiger partial charge in [-0.05, 0) is 40.3 Å². The molecular formula is C19H35N3O2. The molecule has 0 aromatic carbocycles. The molecule has 1 aromatic heterocycles. The van der Waals surface area contributed by atoms with Crippen LogP contribution in [0.15, 0.2) is 4.52 Å². The molecule has 0 saturated carbocycles. The van der Waals surface area contributed by atoms with Gasteiger partial charge in [-0.2, -0.15) is 0 Å². The molecule has 0 aliphatic heterocycles. The first kappa shape index (κ1) is 20.7. The van der Waals surface area contributed by atoms with Crippen molar-refractivity contribution in [2.45, 2.75) is 73.3 Å². The van der Waals surface area contributed by atoms with Crippen LogP contribution in [-0.2, 0) is 6.42 Å². The Labute approximate surface area is 147 Å². The molecule has 24 heavy (non-hydrogen) atoms. The fourth-order valence-electron chi connectivity index (χ4n) is 3.37. The van der Waals surface area contributed by atoms with Crippen LogP contribution < -0.4 is 5.32 Å². The number of amides is 1. The van der Waals surface area contributed by atoms with Crippen LogP contribution in [0.5, 0.6) is 0 Å². The molecule has 5 heteroatoms. The van der Waals surface area contributed by atoms with Crippen LogP contribution >= 0.6 is 0 Å². The van der Waals surface area contributed by atoms with Crippen LogP contribution in [-0.4, -0.2) is 42.1 Å². The van der Waals surface area contributed by atoms with E-state index in [1.54, 1.807) is 0 Å². The number of aryl methyl sites for hydroxylation is 1. The summed E-state index contributed by atoms with van der Waals surface area (Å²) < 4.78 is 5.24. The maximum absolute atomic E-state index is 12.5. The molecule has 0 aliphatic carbocycles. The van der Waals surface area contributed by atoms with Crippen molar-refractivity contribution in [2.24, 2.45) is 5.41 Å². The summed E-state index contributed by atoms with van der Waals surface area (Å²) in [6.07, 6.45) is 4.05. The number of nitrogens with one attached hydrogen (secondary N) is 1. The van der Waals surface area contributed by atoms with E-state index in [2.05, 4.69) is 50.1 Å². The Kier molecular flexibility index (Phi) is 7.94. The van der Waals surface area contributed by atoms with Crippen molar-refractivity contribution in [2.75, 3.05) is 20.1 Å². The Morgan fingerprint density at radius 2 is 2.00 bits per heavy atom. The predicted molar refractivity (Wildman–Crippen MR) is 98.3 cm³/mol. The molecule has 0 aliphatic rings. The highest BCUT2D eigenvalue weighted by Crippen LogP contribution is 2.30. The molecule has 138 valence electrons. The number of carbonyl (C=O) groups excluding carboxylic acids is 1. The Balaban J connectivity index is 2.81. The van der Waals surface area contributed by atoms with E-state index in [0.717, 1.165) is 43.6 Å². The lowest BCUT2D eigenvalue weighted by Crippen LogP contribution is -2.49. The van der Waals surface area contributed by atoms with Crippen LogP contribution in [0, 0.1) is 12.3 Å². The van der Waals surface area contributed by atoms with Gasteiger partial charge in [-0.3, -0.25) is 4.79 Å². The minimum Gasteiger partial charge on any atom is -0.360 e. The molecule has 0 spiro atoms. The second-order valence-corrected chi connectivity index (χ2v) is 7.18. The van der Waals surface area contributed by atoms with Crippen LogP contribution in [0.3, 0.4) is 0 Å². The van der Waals surface area contributed by atoms with Gasteiger partial charge in [0.25, 0.3) is 5.91 Å². The standard InChI is InChI=1S/C19H35N3O2/c1-8-11-19(6,15(5)22(7)12-9-2)13-20-18(23)17-14(4)16(10-3)24-21-17/h15H,8-13H2,1-7H3,(H,20,23). The molecule has 1 aromatic rings. The lowest BCUT2D eigenvalue weighted by molar-refractivity contribution is 0.0801. The van der Waals surface area contributed by atoms with Crippen molar-refractivity contribution >= 4 is 5.91 Å². The van der Waals surface area contributed by atoms with E-state index in [1.165, 1.54) is 0 Å². The van der Waals surface area contributed by atoms with Gasteiger partial charge in [-0.25, -0.2) is 0 Å². The van der Waals surface area contributed by atoms with Gasteiger partial charge in [-0.1, -0.05) is 39.3 Å². The maximum atomic E-state index is 12.5. The lowest BCUT2D eigenvalue weighted by Gasteiger charge is -2.41. The van der Waals surface area contributed by atoms with Gasteiger partial charge in [0.05, 0.1) is 0 Å². The van der Waals surface area contributed by atoms with E-state index in [-0.39, 0.29) is 11.3 Å². The largest absolute Gasteiger partial charge is 0.360 e. The molecule has 1 amide bonds. The molecule has 2 unspecified atom stereocenters. The minimum atomic E-state index is -0.136. The molecule has 0 saturated heterocycles. The summed E-state index contributed by atoms with van der Waals surface area (Å²) in [5, 5.41) is 7.04. The zero-order valence-electron chi connectivity index (χ0n) is 16.5. The van der Waals surface area contributed by atoms with Gasteiger partial charge in [0, 0.05) is 30.0 Å². The van der Waals surface area contributed by atoms with Crippen molar-refractivity contribution in [1.82, 2.24) is 15.4 Å². The summed E-state index contributed by atoms with van der Waals surface area (Å²) in [5.41, 5.74) is 1.29. The van der Waals surface area contributed by atoms with Gasteiger partial charge >= 0.3 is 0 Å². The third kappa shape index (κ3) is 4.82. The quantitative estimate of drug-likeness (QED) is 0.705. The zero-order chi connectivity index (χ0) is 18.3. The average molecular weight is 338 g/mol. The van der Waals surface area contributed by atoms with Crippen LogP contribution in [0.25, 0.3) is 0 Å². The second-order valence-electron chi connectivity index (χ2n) is 7.18. The molecule has 1 N–H and O–H groups in total. The minimum absolute atomic E-state index is 0.0273. The number of hydrogen-bond acceptors (Lipinski definition) is 4. The fourth-order valence-corrected chi connectivity index (χ4v) is 3.37. The highest BCUT2D eigenvalue weighted by atomic mass is 16.5. The van der Waals surface area contributed by atoms with Gasteiger partial charge in [0.15, 0.2) is 5.69 Å². The van der Waals surface area contributed by atoms with Crippen molar-refractivity contribution in [3.05, 3.63) is 17.0 Å². The Bertz CT molecular complexity index is 527. The van der Waals surface area contributed by atoms with Gasteiger partial charge in [0.2, 0.25) is 0 Å². The monoisotopic (exact) mass is 337 g/mol. The molecule has 2 atom stereocenters. The Morgan fingerprint density at radius 1 is 1.33 bits per heavy atom. The van der Waals surface area contributed by atoms with Crippen LogP contribution in [0.4, 0.5) is 0 Å². The van der Waals surface area contributed by atoms with E-state index >= 15 is 0 Å². The molecule has 1 heterocycles. The zero-order valence-corrected chi connectivity index (χ0v) is 16.5. The van der Waals surface area contributed by atoms with Crippen molar-refractivity contribution in [1.29, 1.82) is 0 Å². The first-order valence-electron chi connectivity index (χ1n) is 9.24. The van der Waals surface area contributed by atoms with Crippen molar-refractivity contribution in [3.8, 4) is 0 Å². The lowest BCUT2D eigenvalue weighted by atomic mass is 9.78. The van der Waals surface area contributed by atoms with Crippen molar-refractivity contribution in [3.63, 3.8) is 0 Å². The summed E-state index contributed by atoms with van der Waals surface area (Å²) in [6.45, 7) is 14.5. The van der Waals surface area contributed by atoms with Gasteiger partial charge in [0.1, 0.15) is 5.76 Å². The Hall–Kier alpha value is -1.36. The average Bonchev–Trinajstić information content (AvgIpc) is 2.93. The van der Waals surface area contributed by atoms with E-state index in [1.807, 2.05) is 13.8 Å². The Morgan fingerprint density at radius 3 is 2.50 bits per heavy atom. The number of carbonyl (C=O) groups is 1. The third-order valence-corrected chi connectivity index (χ3v) is 5.28. The SMILES string of the molecule is CCCN(C)C(C)C(C)(CCC)CNC(=O)c1noc(CC)c1C. The number of hydrogen-bond donors (Lipinski definition) is 1. The first-order valence-corrected chi connectivity index (χ1v) is 9.24. The van der Waals surface area contributed by atoms with E-state index < -0.39 is 0 Å². The molecule has 1 rings (SSSR count). The molecular weight excluding hydrogens is 302 g/mol. The summed E-state index contributed by atoms with van der Waals surface area (Å²) >= 11 is 0. The van der Waals surface area contributed by atoms with Gasteiger partial charge < -0.3 is 14.7 Å². The third-order valence-electron chi connectivity index (χ3n) is 5.28. The van der Waals surface area contributed by atoms with E-state index in [0.29, 0.717) is 18.3 Å². The summed E-state index contributed by atoms with van der Waals surface area (Å²) in [4.78, 5) is 14.9. The van der Waals surface area contributed by atoms with Gasteiger partial charge in [-0.15, -0.1) is 0 Å². The molecule has 5 nitrogen and oxygen atoms in total. The normalized spacial score (nSPS) is 15.3. The highest BCUT2D eigenvalue weighted by molar-refractivity contribution is 5.93. The smallest absolute Gasteiger partial charge is 0.273 e. The second kappa shape index (κ2) is 9.21. The number of aromatic nitrogens is 1. The number of nitrogens with zero attached hydrogens (tertiary/aromatic N) is 2. The summed E-state index contributed by atoms with van der Waals surface area (Å²) in [6, 6.07) is 0.391. The first-order chi connectivity index (χ1) is 11.3. The summed E-state index contributed by atoms with van der Waals surface area (Å²) in [5.74, 6) is 0.649.